The van der Waals surface area contributed by atoms with Crippen LogP contribution >= 0.6 is 24.0 Å². The molecule has 0 bridgehead atoms. The first kappa shape index (κ1) is 24.1. The first-order chi connectivity index (χ1) is 14.2. The fourth-order valence-electron chi connectivity index (χ4n) is 3.50. The maximum atomic E-state index is 5.97. The molecule has 0 saturated carbocycles. The predicted molar refractivity (Wildman–Crippen MR) is 135 cm³/mol. The highest BCUT2D eigenvalue weighted by Gasteiger charge is 2.20. The van der Waals surface area contributed by atoms with Gasteiger partial charge in [0, 0.05) is 37.9 Å². The van der Waals surface area contributed by atoms with Gasteiger partial charge in [-0.25, -0.2) is 0 Å². The van der Waals surface area contributed by atoms with Crippen molar-refractivity contribution >= 4 is 35.6 Å². The molecular formula is C23H33IN4O2. The zero-order valence-corrected chi connectivity index (χ0v) is 20.3. The molecule has 7 heteroatoms. The van der Waals surface area contributed by atoms with Gasteiger partial charge in [0.1, 0.15) is 17.6 Å². The number of halogens is 1. The molecule has 30 heavy (non-hydrogen) atoms. The second-order valence-electron chi connectivity index (χ2n) is 7.30. The highest BCUT2D eigenvalue weighted by molar-refractivity contribution is 14.0. The van der Waals surface area contributed by atoms with Crippen LogP contribution in [-0.2, 0) is 0 Å². The summed E-state index contributed by atoms with van der Waals surface area (Å²) in [5.41, 5.74) is 1.30. The molecule has 2 aromatic carbocycles. The van der Waals surface area contributed by atoms with Crippen LogP contribution in [0.3, 0.4) is 0 Å². The molecule has 1 atom stereocenters. The molecule has 164 valence electrons. The number of nitrogens with zero attached hydrogens (tertiary/aromatic N) is 2. The number of piperidine rings is 1. The number of benzene rings is 2. The Labute approximate surface area is 197 Å². The average Bonchev–Trinajstić information content (AvgIpc) is 2.77. The third kappa shape index (κ3) is 7.27. The van der Waals surface area contributed by atoms with E-state index in [-0.39, 0.29) is 30.1 Å². The zero-order chi connectivity index (χ0) is 20.5. The van der Waals surface area contributed by atoms with Crippen molar-refractivity contribution < 1.29 is 9.47 Å². The normalized spacial score (nSPS) is 15.7. The molecule has 6 nitrogen and oxygen atoms in total. The third-order valence-corrected chi connectivity index (χ3v) is 5.12. The lowest BCUT2D eigenvalue weighted by molar-refractivity contribution is 0.222. The maximum absolute atomic E-state index is 5.97. The van der Waals surface area contributed by atoms with E-state index in [0.717, 1.165) is 43.4 Å². The maximum Gasteiger partial charge on any atom is 0.191 e. The van der Waals surface area contributed by atoms with Crippen LogP contribution in [0.4, 0.5) is 5.69 Å². The molecule has 2 aromatic rings. The SMILES string of the molecule is CN=C(NCC(C)Oc1cccc(OC)c1)NC1CCN(c2ccccc2)CC1.I. The minimum atomic E-state index is 0. The molecular weight excluding hydrogens is 491 g/mol. The fourth-order valence-corrected chi connectivity index (χ4v) is 3.50. The van der Waals surface area contributed by atoms with Crippen molar-refractivity contribution in [2.45, 2.75) is 31.9 Å². The van der Waals surface area contributed by atoms with Gasteiger partial charge < -0.3 is 25.0 Å². The van der Waals surface area contributed by atoms with Gasteiger partial charge in [-0.1, -0.05) is 24.3 Å². The van der Waals surface area contributed by atoms with Gasteiger partial charge in [0.25, 0.3) is 0 Å². The Morgan fingerprint density at radius 1 is 1.10 bits per heavy atom. The van der Waals surface area contributed by atoms with Crippen LogP contribution in [0.25, 0.3) is 0 Å². The van der Waals surface area contributed by atoms with Crippen LogP contribution in [0.15, 0.2) is 59.6 Å². The lowest BCUT2D eigenvalue weighted by Gasteiger charge is -2.34. The average molecular weight is 524 g/mol. The summed E-state index contributed by atoms with van der Waals surface area (Å²) in [6.45, 7) is 4.81. The Morgan fingerprint density at radius 3 is 2.47 bits per heavy atom. The molecule has 0 aromatic heterocycles. The molecule has 1 aliphatic rings. The van der Waals surface area contributed by atoms with Gasteiger partial charge in [-0.3, -0.25) is 4.99 Å². The number of hydrogen-bond donors (Lipinski definition) is 2. The summed E-state index contributed by atoms with van der Waals surface area (Å²) < 4.78 is 11.2. The summed E-state index contributed by atoms with van der Waals surface area (Å²) in [5.74, 6) is 2.42. The number of nitrogens with one attached hydrogen (secondary N) is 2. The smallest absolute Gasteiger partial charge is 0.191 e. The van der Waals surface area contributed by atoms with Crippen LogP contribution in [0.2, 0.25) is 0 Å². The topological polar surface area (TPSA) is 58.1 Å². The van der Waals surface area contributed by atoms with Gasteiger partial charge in [0.05, 0.1) is 13.7 Å². The van der Waals surface area contributed by atoms with E-state index in [1.165, 1.54) is 5.69 Å². The number of methoxy groups -OCH3 is 1. The molecule has 0 radical (unpaired) electrons. The molecule has 0 aliphatic carbocycles. The number of hydrogen-bond acceptors (Lipinski definition) is 4. The Kier molecular flexibility index (Phi) is 10.1. The Balaban J connectivity index is 0.00000320. The van der Waals surface area contributed by atoms with Crippen molar-refractivity contribution in [1.29, 1.82) is 0 Å². The number of anilines is 1. The molecule has 1 fully saturated rings. The van der Waals surface area contributed by atoms with E-state index in [1.54, 1.807) is 7.11 Å². The summed E-state index contributed by atoms with van der Waals surface area (Å²) in [6, 6.07) is 18.7. The van der Waals surface area contributed by atoms with Crippen molar-refractivity contribution in [1.82, 2.24) is 10.6 Å². The fraction of sp³-hybridized carbons (Fsp3) is 0.435. The summed E-state index contributed by atoms with van der Waals surface area (Å²) in [4.78, 5) is 6.81. The lowest BCUT2D eigenvalue weighted by Crippen LogP contribution is -2.50. The highest BCUT2D eigenvalue weighted by Crippen LogP contribution is 2.20. The van der Waals surface area contributed by atoms with Crippen molar-refractivity contribution in [3.8, 4) is 11.5 Å². The lowest BCUT2D eigenvalue weighted by atomic mass is 10.0. The van der Waals surface area contributed by atoms with Gasteiger partial charge in [-0.2, -0.15) is 0 Å². The van der Waals surface area contributed by atoms with Gasteiger partial charge >= 0.3 is 0 Å². The number of aliphatic imine (C=N–C) groups is 1. The second kappa shape index (κ2) is 12.5. The largest absolute Gasteiger partial charge is 0.497 e. The van der Waals surface area contributed by atoms with E-state index >= 15 is 0 Å². The quantitative estimate of drug-likeness (QED) is 0.327. The highest BCUT2D eigenvalue weighted by atomic mass is 127. The molecule has 2 N–H and O–H groups in total. The molecule has 0 amide bonds. The zero-order valence-electron chi connectivity index (χ0n) is 18.0. The molecule has 1 unspecified atom stereocenters. The van der Waals surface area contributed by atoms with Crippen LogP contribution in [-0.4, -0.2) is 51.9 Å². The van der Waals surface area contributed by atoms with Crippen molar-refractivity contribution in [2.24, 2.45) is 4.99 Å². The molecule has 1 aliphatic heterocycles. The number of rotatable bonds is 7. The molecule has 0 spiro atoms. The minimum Gasteiger partial charge on any atom is -0.497 e. The number of para-hydroxylation sites is 1. The van der Waals surface area contributed by atoms with Crippen LogP contribution in [0.1, 0.15) is 19.8 Å². The van der Waals surface area contributed by atoms with E-state index in [9.17, 15) is 0 Å². The minimum absolute atomic E-state index is 0. The first-order valence-corrected chi connectivity index (χ1v) is 10.3. The van der Waals surface area contributed by atoms with Gasteiger partial charge in [-0.05, 0) is 44.0 Å². The van der Waals surface area contributed by atoms with E-state index in [2.05, 4.69) is 50.9 Å². The molecule has 1 saturated heterocycles. The summed E-state index contributed by atoms with van der Waals surface area (Å²) in [5, 5.41) is 6.93. The van der Waals surface area contributed by atoms with E-state index in [1.807, 2.05) is 38.2 Å². The van der Waals surface area contributed by atoms with Gasteiger partial charge in [0.15, 0.2) is 5.96 Å². The summed E-state index contributed by atoms with van der Waals surface area (Å²) in [7, 11) is 3.46. The molecule has 3 rings (SSSR count). The third-order valence-electron chi connectivity index (χ3n) is 5.12. The van der Waals surface area contributed by atoms with Crippen LogP contribution in [0.5, 0.6) is 11.5 Å². The van der Waals surface area contributed by atoms with Gasteiger partial charge in [0.2, 0.25) is 0 Å². The van der Waals surface area contributed by atoms with E-state index in [0.29, 0.717) is 12.6 Å². The van der Waals surface area contributed by atoms with Crippen LogP contribution < -0.4 is 25.0 Å². The first-order valence-electron chi connectivity index (χ1n) is 10.3. The predicted octanol–water partition coefficient (Wildman–Crippen LogP) is 3.91. The monoisotopic (exact) mass is 524 g/mol. The van der Waals surface area contributed by atoms with Crippen molar-refractivity contribution in [3.63, 3.8) is 0 Å². The van der Waals surface area contributed by atoms with Crippen molar-refractivity contribution in [3.05, 3.63) is 54.6 Å². The Bertz CT molecular complexity index is 780. The molecule has 1 heterocycles. The number of ether oxygens (including phenoxy) is 2. The Hall–Kier alpha value is -2.16. The standard InChI is InChI=1S/C23H32N4O2.HI/c1-18(29-22-11-7-10-21(16-22)28-3)17-25-23(24-2)26-19-12-14-27(15-13-19)20-8-5-4-6-9-20;/h4-11,16,18-19H,12-15,17H2,1-3H3,(H2,24,25,26);1H. The van der Waals surface area contributed by atoms with Gasteiger partial charge in [-0.15, -0.1) is 24.0 Å². The Morgan fingerprint density at radius 2 is 1.80 bits per heavy atom. The summed E-state index contributed by atoms with van der Waals surface area (Å²) >= 11 is 0. The van der Waals surface area contributed by atoms with Crippen molar-refractivity contribution in [2.75, 3.05) is 38.7 Å². The summed E-state index contributed by atoms with van der Waals surface area (Å²) in [6.07, 6.45) is 2.18. The van der Waals surface area contributed by atoms with E-state index < -0.39 is 0 Å². The second-order valence-corrected chi connectivity index (χ2v) is 7.30. The number of guanidine groups is 1. The van der Waals surface area contributed by atoms with E-state index in [4.69, 9.17) is 9.47 Å². The van der Waals surface area contributed by atoms with Crippen LogP contribution in [0, 0.1) is 0 Å².